The molecule has 0 spiro atoms. The van der Waals surface area contributed by atoms with Crippen LogP contribution in [-0.4, -0.2) is 23.9 Å². The number of nitriles is 1. The van der Waals surface area contributed by atoms with Gasteiger partial charge in [-0.3, -0.25) is 9.59 Å². The number of rotatable bonds is 3. The zero-order valence-electron chi connectivity index (χ0n) is 9.55. The standard InChI is InChI=1S/C10H17N3O2/c1-7(5-11)9(15)12-6-8(14)13-10(2,3)4/h7H,6H2,1-4H3,(H,12,15)(H,13,14). The van der Waals surface area contributed by atoms with Gasteiger partial charge in [0.25, 0.3) is 0 Å². The van der Waals surface area contributed by atoms with E-state index in [9.17, 15) is 9.59 Å². The van der Waals surface area contributed by atoms with E-state index in [2.05, 4.69) is 10.6 Å². The first kappa shape index (κ1) is 13.4. The molecule has 0 aliphatic carbocycles. The van der Waals surface area contributed by atoms with Crippen LogP contribution in [0.5, 0.6) is 0 Å². The van der Waals surface area contributed by atoms with Crippen molar-refractivity contribution in [3.05, 3.63) is 0 Å². The third-order valence-corrected chi connectivity index (χ3v) is 1.52. The zero-order valence-corrected chi connectivity index (χ0v) is 9.55. The summed E-state index contributed by atoms with van der Waals surface area (Å²) >= 11 is 0. The molecule has 15 heavy (non-hydrogen) atoms. The van der Waals surface area contributed by atoms with Crippen LogP contribution in [0.4, 0.5) is 0 Å². The Kier molecular flexibility index (Phi) is 4.79. The van der Waals surface area contributed by atoms with Crippen LogP contribution in [0.3, 0.4) is 0 Å². The van der Waals surface area contributed by atoms with Gasteiger partial charge in [0.05, 0.1) is 12.6 Å². The maximum Gasteiger partial charge on any atom is 0.239 e. The summed E-state index contributed by atoms with van der Waals surface area (Å²) in [6.07, 6.45) is 0. The monoisotopic (exact) mass is 211 g/mol. The smallest absolute Gasteiger partial charge is 0.239 e. The Morgan fingerprint density at radius 1 is 1.40 bits per heavy atom. The molecular weight excluding hydrogens is 194 g/mol. The van der Waals surface area contributed by atoms with E-state index >= 15 is 0 Å². The first-order chi connectivity index (χ1) is 6.76. The minimum absolute atomic E-state index is 0.0951. The van der Waals surface area contributed by atoms with Crippen molar-refractivity contribution in [1.82, 2.24) is 10.6 Å². The summed E-state index contributed by atoms with van der Waals surface area (Å²) in [5.41, 5.74) is -0.317. The number of amides is 2. The molecule has 5 heteroatoms. The minimum atomic E-state index is -0.729. The van der Waals surface area contributed by atoms with Crippen molar-refractivity contribution in [3.63, 3.8) is 0 Å². The molecular formula is C10H17N3O2. The Bertz CT molecular complexity index is 286. The normalized spacial score (nSPS) is 12.5. The van der Waals surface area contributed by atoms with Gasteiger partial charge in [0.15, 0.2) is 0 Å². The molecule has 0 heterocycles. The molecule has 0 radical (unpaired) electrons. The predicted octanol–water partition coefficient (Wildman–Crippen LogP) is 0.177. The molecule has 2 N–H and O–H groups in total. The fourth-order valence-corrected chi connectivity index (χ4v) is 0.842. The molecule has 0 bridgehead atoms. The quantitative estimate of drug-likeness (QED) is 0.698. The maximum atomic E-state index is 11.3. The highest BCUT2D eigenvalue weighted by atomic mass is 16.2. The summed E-state index contributed by atoms with van der Waals surface area (Å²) in [6.45, 7) is 6.94. The number of carbonyl (C=O) groups is 2. The predicted molar refractivity (Wildman–Crippen MR) is 55.7 cm³/mol. The Morgan fingerprint density at radius 2 is 1.93 bits per heavy atom. The number of carbonyl (C=O) groups excluding carboxylic acids is 2. The molecule has 0 aliphatic heterocycles. The molecule has 0 saturated carbocycles. The van der Waals surface area contributed by atoms with E-state index < -0.39 is 11.8 Å². The van der Waals surface area contributed by atoms with Crippen LogP contribution in [0.1, 0.15) is 27.7 Å². The molecule has 84 valence electrons. The van der Waals surface area contributed by atoms with E-state index in [0.717, 1.165) is 0 Å². The van der Waals surface area contributed by atoms with Crippen LogP contribution in [0.2, 0.25) is 0 Å². The fraction of sp³-hybridized carbons (Fsp3) is 0.700. The van der Waals surface area contributed by atoms with Gasteiger partial charge in [0.1, 0.15) is 5.92 Å². The molecule has 0 aromatic heterocycles. The first-order valence-corrected chi connectivity index (χ1v) is 4.74. The van der Waals surface area contributed by atoms with Crippen molar-refractivity contribution in [3.8, 4) is 6.07 Å². The fourth-order valence-electron chi connectivity index (χ4n) is 0.842. The lowest BCUT2D eigenvalue weighted by molar-refractivity contribution is -0.127. The Hall–Kier alpha value is -1.57. The number of nitrogens with one attached hydrogen (secondary N) is 2. The van der Waals surface area contributed by atoms with Crippen LogP contribution in [0, 0.1) is 17.2 Å². The van der Waals surface area contributed by atoms with Gasteiger partial charge in [-0.05, 0) is 27.7 Å². The van der Waals surface area contributed by atoms with Gasteiger partial charge in [-0.15, -0.1) is 0 Å². The van der Waals surface area contributed by atoms with E-state index in [4.69, 9.17) is 5.26 Å². The highest BCUT2D eigenvalue weighted by molar-refractivity contribution is 5.86. The SMILES string of the molecule is CC(C#N)C(=O)NCC(=O)NC(C)(C)C. The summed E-state index contributed by atoms with van der Waals surface area (Å²) in [4.78, 5) is 22.4. The maximum absolute atomic E-state index is 11.3. The van der Waals surface area contributed by atoms with Crippen molar-refractivity contribution in [1.29, 1.82) is 5.26 Å². The summed E-state index contributed by atoms with van der Waals surface area (Å²) in [5.74, 6) is -1.42. The van der Waals surface area contributed by atoms with Crippen LogP contribution in [0.15, 0.2) is 0 Å². The summed E-state index contributed by atoms with van der Waals surface area (Å²) < 4.78 is 0. The average molecular weight is 211 g/mol. The third-order valence-electron chi connectivity index (χ3n) is 1.52. The Labute approximate surface area is 89.8 Å². The van der Waals surface area contributed by atoms with E-state index in [1.165, 1.54) is 6.92 Å². The molecule has 1 unspecified atom stereocenters. The van der Waals surface area contributed by atoms with E-state index in [-0.39, 0.29) is 18.0 Å². The molecule has 0 aliphatic rings. The lowest BCUT2D eigenvalue weighted by atomic mass is 10.1. The molecule has 1 atom stereocenters. The molecule has 2 amide bonds. The molecule has 0 rings (SSSR count). The van der Waals surface area contributed by atoms with Crippen molar-refractivity contribution < 1.29 is 9.59 Å². The van der Waals surface area contributed by atoms with Gasteiger partial charge in [-0.1, -0.05) is 0 Å². The number of nitrogens with zero attached hydrogens (tertiary/aromatic N) is 1. The second kappa shape index (κ2) is 5.35. The van der Waals surface area contributed by atoms with Crippen LogP contribution < -0.4 is 10.6 Å². The van der Waals surface area contributed by atoms with Gasteiger partial charge >= 0.3 is 0 Å². The topological polar surface area (TPSA) is 82.0 Å². The second-order valence-corrected chi connectivity index (χ2v) is 4.37. The van der Waals surface area contributed by atoms with Crippen molar-refractivity contribution in [2.45, 2.75) is 33.2 Å². The number of hydrogen-bond acceptors (Lipinski definition) is 3. The van der Waals surface area contributed by atoms with Crippen LogP contribution in [0.25, 0.3) is 0 Å². The largest absolute Gasteiger partial charge is 0.350 e. The average Bonchev–Trinajstić information content (AvgIpc) is 2.10. The van der Waals surface area contributed by atoms with Gasteiger partial charge in [0, 0.05) is 5.54 Å². The summed E-state index contributed by atoms with van der Waals surface area (Å²) in [7, 11) is 0. The first-order valence-electron chi connectivity index (χ1n) is 4.74. The molecule has 0 aromatic rings. The van der Waals surface area contributed by atoms with E-state index in [0.29, 0.717) is 0 Å². The van der Waals surface area contributed by atoms with E-state index in [1.54, 1.807) is 6.07 Å². The van der Waals surface area contributed by atoms with Gasteiger partial charge in [-0.25, -0.2) is 0 Å². The second-order valence-electron chi connectivity index (χ2n) is 4.37. The summed E-state index contributed by atoms with van der Waals surface area (Å²) in [6, 6.07) is 1.79. The van der Waals surface area contributed by atoms with Gasteiger partial charge < -0.3 is 10.6 Å². The van der Waals surface area contributed by atoms with Crippen molar-refractivity contribution in [2.75, 3.05) is 6.54 Å². The lowest BCUT2D eigenvalue weighted by Gasteiger charge is -2.20. The molecule has 0 aromatic carbocycles. The van der Waals surface area contributed by atoms with Crippen molar-refractivity contribution >= 4 is 11.8 Å². The molecule has 5 nitrogen and oxygen atoms in total. The lowest BCUT2D eigenvalue weighted by Crippen LogP contribution is -2.46. The number of hydrogen-bond donors (Lipinski definition) is 2. The van der Waals surface area contributed by atoms with Crippen LogP contribution in [-0.2, 0) is 9.59 Å². The van der Waals surface area contributed by atoms with Crippen molar-refractivity contribution in [2.24, 2.45) is 5.92 Å². The summed E-state index contributed by atoms with van der Waals surface area (Å²) in [5, 5.41) is 13.5. The zero-order chi connectivity index (χ0) is 12.1. The van der Waals surface area contributed by atoms with E-state index in [1.807, 2.05) is 20.8 Å². The molecule has 0 saturated heterocycles. The van der Waals surface area contributed by atoms with Gasteiger partial charge in [0.2, 0.25) is 11.8 Å². The minimum Gasteiger partial charge on any atom is -0.350 e. The Balaban J connectivity index is 3.93. The highest BCUT2D eigenvalue weighted by Gasteiger charge is 2.16. The van der Waals surface area contributed by atoms with Crippen LogP contribution >= 0.6 is 0 Å². The highest BCUT2D eigenvalue weighted by Crippen LogP contribution is 1.97. The third kappa shape index (κ3) is 6.49. The Morgan fingerprint density at radius 3 is 2.33 bits per heavy atom. The van der Waals surface area contributed by atoms with Gasteiger partial charge in [-0.2, -0.15) is 5.26 Å². The molecule has 0 fully saturated rings.